The summed E-state index contributed by atoms with van der Waals surface area (Å²) in [5.74, 6) is -0.470. The molecule has 0 saturated heterocycles. The van der Waals surface area contributed by atoms with Crippen LogP contribution in [0.5, 0.6) is 0 Å². The Labute approximate surface area is 222 Å². The van der Waals surface area contributed by atoms with Gasteiger partial charge >= 0.3 is 0 Å². The number of carbonyl (C=O) groups excluding carboxylic acids is 1. The maximum atomic E-state index is 14.3. The molecule has 0 unspecified atom stereocenters. The van der Waals surface area contributed by atoms with Crippen LogP contribution in [-0.2, 0) is 28.7 Å². The first-order chi connectivity index (χ1) is 18.3. The lowest BCUT2D eigenvalue weighted by Gasteiger charge is -2.55. The number of halogens is 2. The van der Waals surface area contributed by atoms with Crippen molar-refractivity contribution in [3.63, 3.8) is 0 Å². The first kappa shape index (κ1) is 24.8. The van der Waals surface area contributed by atoms with Crippen LogP contribution in [0.2, 0.25) is 0 Å². The van der Waals surface area contributed by atoms with Crippen LogP contribution in [0.3, 0.4) is 0 Å². The Morgan fingerprint density at radius 3 is 2.37 bits per heavy atom. The Kier molecular flexibility index (Phi) is 6.10. The minimum absolute atomic E-state index is 0.0593. The largest absolute Gasteiger partial charge is 0.356 e. The minimum Gasteiger partial charge on any atom is -0.356 e. The molecule has 1 aliphatic heterocycles. The molecule has 1 saturated carbocycles. The summed E-state index contributed by atoms with van der Waals surface area (Å²) in [6.45, 7) is 0.643. The fourth-order valence-electron chi connectivity index (χ4n) is 7.03. The molecule has 0 radical (unpaired) electrons. The average molecular weight is 514 g/mol. The van der Waals surface area contributed by atoms with Crippen molar-refractivity contribution < 1.29 is 13.6 Å². The highest BCUT2D eigenvalue weighted by Gasteiger charge is 2.52. The van der Waals surface area contributed by atoms with Gasteiger partial charge in [0.1, 0.15) is 11.6 Å². The van der Waals surface area contributed by atoms with Gasteiger partial charge in [-0.25, -0.2) is 8.78 Å². The first-order valence-electron chi connectivity index (χ1n) is 13.4. The van der Waals surface area contributed by atoms with Gasteiger partial charge in [-0.1, -0.05) is 42.5 Å². The van der Waals surface area contributed by atoms with Crippen LogP contribution in [0.4, 0.5) is 8.78 Å². The van der Waals surface area contributed by atoms with Gasteiger partial charge in [0.25, 0.3) is 0 Å². The van der Waals surface area contributed by atoms with Gasteiger partial charge < -0.3 is 9.88 Å². The SMILES string of the molecule is CN(C)C1(c2cccc(F)c2)CCC2(CC1)c1[nH]c3ccccc3c1CCN2C(=O)Cc1ccc(F)cc1. The van der Waals surface area contributed by atoms with E-state index in [-0.39, 0.29) is 29.5 Å². The predicted molar refractivity (Wildman–Crippen MR) is 146 cm³/mol. The molecule has 1 fully saturated rings. The van der Waals surface area contributed by atoms with E-state index >= 15 is 0 Å². The summed E-state index contributed by atoms with van der Waals surface area (Å²) in [6.07, 6.45) is 4.13. The number of nitrogens with one attached hydrogen (secondary N) is 1. The molecule has 0 bridgehead atoms. The van der Waals surface area contributed by atoms with Crippen LogP contribution >= 0.6 is 0 Å². The maximum Gasteiger partial charge on any atom is 0.227 e. The van der Waals surface area contributed by atoms with Gasteiger partial charge in [-0.2, -0.15) is 0 Å². The summed E-state index contributed by atoms with van der Waals surface area (Å²) in [5.41, 5.74) is 4.54. The molecule has 1 N–H and O–H groups in total. The molecular formula is C32H33F2N3O. The topological polar surface area (TPSA) is 39.3 Å². The lowest BCUT2D eigenvalue weighted by molar-refractivity contribution is -0.142. The van der Waals surface area contributed by atoms with E-state index in [9.17, 15) is 13.6 Å². The molecule has 1 aromatic heterocycles. The maximum absolute atomic E-state index is 14.3. The van der Waals surface area contributed by atoms with E-state index in [2.05, 4.69) is 47.1 Å². The van der Waals surface area contributed by atoms with Gasteiger partial charge in [0, 0.05) is 28.7 Å². The highest BCUT2D eigenvalue weighted by molar-refractivity contribution is 5.87. The van der Waals surface area contributed by atoms with Gasteiger partial charge in [0.05, 0.1) is 12.0 Å². The number of benzene rings is 3. The molecular weight excluding hydrogens is 480 g/mol. The Morgan fingerprint density at radius 1 is 0.921 bits per heavy atom. The first-order valence-corrected chi connectivity index (χ1v) is 13.4. The van der Waals surface area contributed by atoms with E-state index in [1.54, 1.807) is 24.3 Å². The van der Waals surface area contributed by atoms with Crippen molar-refractivity contribution in [3.05, 3.63) is 107 Å². The molecule has 4 nitrogen and oxygen atoms in total. The number of H-pyrrole nitrogens is 1. The standard InChI is InChI=1S/C32H33F2N3O/c1-36(2)31(23-6-5-7-25(34)21-23)15-17-32(18-16-31)30-27(26-8-3-4-9-28(26)35-30)14-19-37(32)29(38)20-22-10-12-24(33)13-11-22/h3-13,21,35H,14-20H2,1-2H3. The van der Waals surface area contributed by atoms with E-state index in [1.807, 2.05) is 12.1 Å². The van der Waals surface area contributed by atoms with Gasteiger partial charge in [0.15, 0.2) is 0 Å². The zero-order valence-corrected chi connectivity index (χ0v) is 21.9. The van der Waals surface area contributed by atoms with E-state index in [0.717, 1.165) is 54.4 Å². The molecule has 6 rings (SSSR count). The number of hydrogen-bond donors (Lipinski definition) is 1. The number of fused-ring (bicyclic) bond motifs is 4. The van der Waals surface area contributed by atoms with Crippen LogP contribution in [-0.4, -0.2) is 41.3 Å². The smallest absolute Gasteiger partial charge is 0.227 e. The molecule has 4 aromatic rings. The van der Waals surface area contributed by atoms with Gasteiger partial charge in [0.2, 0.25) is 5.91 Å². The van der Waals surface area contributed by atoms with Crippen molar-refractivity contribution in [2.24, 2.45) is 0 Å². The molecule has 1 aliphatic carbocycles. The Balaban J connectivity index is 1.41. The second-order valence-corrected chi connectivity index (χ2v) is 11.1. The summed E-state index contributed by atoms with van der Waals surface area (Å²) in [5, 5.41) is 1.22. The normalized spacial score (nSPS) is 23.2. The quantitative estimate of drug-likeness (QED) is 0.348. The minimum atomic E-state index is -0.476. The van der Waals surface area contributed by atoms with Crippen molar-refractivity contribution in [2.75, 3.05) is 20.6 Å². The van der Waals surface area contributed by atoms with Crippen molar-refractivity contribution in [1.29, 1.82) is 0 Å². The summed E-state index contributed by atoms with van der Waals surface area (Å²) in [4.78, 5) is 21.9. The molecule has 196 valence electrons. The third-order valence-electron chi connectivity index (χ3n) is 9.07. The van der Waals surface area contributed by atoms with Crippen LogP contribution in [0, 0.1) is 11.6 Å². The summed E-state index contributed by atoms with van der Waals surface area (Å²) in [7, 11) is 4.13. The van der Waals surface area contributed by atoms with Crippen molar-refractivity contribution in [2.45, 2.75) is 49.6 Å². The summed E-state index contributed by atoms with van der Waals surface area (Å²) < 4.78 is 27.8. The van der Waals surface area contributed by atoms with Crippen LogP contribution in [0.15, 0.2) is 72.8 Å². The third kappa shape index (κ3) is 3.93. The molecule has 1 amide bonds. The van der Waals surface area contributed by atoms with E-state index in [0.29, 0.717) is 6.54 Å². The fourth-order valence-corrected chi connectivity index (χ4v) is 7.03. The van der Waals surface area contributed by atoms with Gasteiger partial charge in [-0.15, -0.1) is 0 Å². The van der Waals surface area contributed by atoms with Crippen molar-refractivity contribution in [3.8, 4) is 0 Å². The number of para-hydroxylation sites is 1. The monoisotopic (exact) mass is 513 g/mol. The van der Waals surface area contributed by atoms with Crippen LogP contribution < -0.4 is 0 Å². The Hall–Kier alpha value is -3.51. The Bertz CT molecular complexity index is 1480. The predicted octanol–water partition coefficient (Wildman–Crippen LogP) is 6.30. The number of amides is 1. The number of rotatable bonds is 4. The zero-order valence-electron chi connectivity index (χ0n) is 21.9. The number of carbonyl (C=O) groups is 1. The zero-order chi connectivity index (χ0) is 26.5. The number of aromatic nitrogens is 1. The van der Waals surface area contributed by atoms with Crippen LogP contribution in [0.1, 0.15) is 48.1 Å². The third-order valence-corrected chi connectivity index (χ3v) is 9.07. The molecule has 0 atom stereocenters. The molecule has 1 spiro atoms. The fraction of sp³-hybridized carbons (Fsp3) is 0.344. The molecule has 3 aromatic carbocycles. The molecule has 6 heteroatoms. The molecule has 2 heterocycles. The van der Waals surface area contributed by atoms with E-state index in [4.69, 9.17) is 0 Å². The van der Waals surface area contributed by atoms with Gasteiger partial charge in [-0.3, -0.25) is 9.69 Å². The number of hydrogen-bond acceptors (Lipinski definition) is 2. The van der Waals surface area contributed by atoms with Crippen molar-refractivity contribution >= 4 is 16.8 Å². The highest BCUT2D eigenvalue weighted by Crippen LogP contribution is 2.53. The molecule has 2 aliphatic rings. The van der Waals surface area contributed by atoms with E-state index in [1.165, 1.54) is 29.1 Å². The number of aromatic amines is 1. The van der Waals surface area contributed by atoms with E-state index < -0.39 is 5.54 Å². The summed E-state index contributed by atoms with van der Waals surface area (Å²) >= 11 is 0. The number of nitrogens with zero attached hydrogens (tertiary/aromatic N) is 2. The Morgan fingerprint density at radius 2 is 1.66 bits per heavy atom. The van der Waals surface area contributed by atoms with Crippen LogP contribution in [0.25, 0.3) is 10.9 Å². The lowest BCUT2D eigenvalue weighted by atomic mass is 9.65. The van der Waals surface area contributed by atoms with Gasteiger partial charge in [-0.05, 0) is 93.2 Å². The second kappa shape index (κ2) is 9.35. The molecule has 38 heavy (non-hydrogen) atoms. The highest BCUT2D eigenvalue weighted by atomic mass is 19.1. The summed E-state index contributed by atoms with van der Waals surface area (Å²) in [6, 6.07) is 21.5. The average Bonchev–Trinajstić information content (AvgIpc) is 3.30. The van der Waals surface area contributed by atoms with Crippen molar-refractivity contribution in [1.82, 2.24) is 14.8 Å². The second-order valence-electron chi connectivity index (χ2n) is 11.1. The lowest BCUT2D eigenvalue weighted by Crippen LogP contribution is -2.58.